The minimum absolute atomic E-state index is 0.00277. The third-order valence-corrected chi connectivity index (χ3v) is 4.79. The molecule has 1 amide bonds. The molecule has 1 N–H and O–H groups in total. The van der Waals surface area contributed by atoms with Crippen molar-refractivity contribution in [3.63, 3.8) is 0 Å². The first-order valence-corrected chi connectivity index (χ1v) is 9.48. The molecule has 1 atom stereocenters. The lowest BCUT2D eigenvalue weighted by molar-refractivity contribution is 0.0937. The minimum atomic E-state index is 0.00277. The second-order valence-electron chi connectivity index (χ2n) is 6.80. The van der Waals surface area contributed by atoms with E-state index in [1.807, 2.05) is 36.2 Å². The maximum absolute atomic E-state index is 12.4. The summed E-state index contributed by atoms with van der Waals surface area (Å²) < 4.78 is 0. The van der Waals surface area contributed by atoms with Crippen LogP contribution in [0.4, 0.5) is 5.69 Å². The summed E-state index contributed by atoms with van der Waals surface area (Å²) in [5.41, 5.74) is 2.90. The lowest BCUT2D eigenvalue weighted by Gasteiger charge is -2.20. The summed E-state index contributed by atoms with van der Waals surface area (Å²) in [6.07, 6.45) is 3.11. The van der Waals surface area contributed by atoms with Crippen LogP contribution in [0, 0.1) is 0 Å². The van der Waals surface area contributed by atoms with E-state index in [-0.39, 0.29) is 11.9 Å². The standard InChI is InChI=1S/C20H32N4O/c1-5-23(6-2)14-7-8-16(3)21-20(25)18-9-11-19(12-10-18)24-15-13-17(4)22-24/h9-12,16H,5-8,13-15H2,1-4H3,(H,21,25). The van der Waals surface area contributed by atoms with Gasteiger partial charge in [0.15, 0.2) is 0 Å². The molecular formula is C20H32N4O. The zero-order valence-electron chi connectivity index (χ0n) is 16.1. The van der Waals surface area contributed by atoms with E-state index in [2.05, 4.69) is 36.1 Å². The van der Waals surface area contributed by atoms with Crippen LogP contribution in [0.5, 0.6) is 0 Å². The maximum atomic E-state index is 12.4. The van der Waals surface area contributed by atoms with Crippen molar-refractivity contribution in [3.05, 3.63) is 29.8 Å². The average Bonchev–Trinajstić information content (AvgIpc) is 3.05. The number of nitrogens with one attached hydrogen (secondary N) is 1. The van der Waals surface area contributed by atoms with E-state index in [9.17, 15) is 4.79 Å². The number of rotatable bonds is 9. The molecule has 1 aliphatic heterocycles. The van der Waals surface area contributed by atoms with Crippen LogP contribution in [0.1, 0.15) is 57.3 Å². The second-order valence-corrected chi connectivity index (χ2v) is 6.80. The van der Waals surface area contributed by atoms with Gasteiger partial charge in [0.2, 0.25) is 0 Å². The third-order valence-electron chi connectivity index (χ3n) is 4.79. The summed E-state index contributed by atoms with van der Waals surface area (Å²) in [4.78, 5) is 14.8. The Morgan fingerprint density at radius 3 is 2.52 bits per heavy atom. The number of hydrazone groups is 1. The first-order chi connectivity index (χ1) is 12.0. The molecule has 0 aromatic heterocycles. The van der Waals surface area contributed by atoms with Gasteiger partial charge >= 0.3 is 0 Å². The first-order valence-electron chi connectivity index (χ1n) is 9.48. The molecule has 1 heterocycles. The summed E-state index contributed by atoms with van der Waals surface area (Å²) in [7, 11) is 0. The monoisotopic (exact) mass is 344 g/mol. The lowest BCUT2D eigenvalue weighted by atomic mass is 10.1. The average molecular weight is 345 g/mol. The van der Waals surface area contributed by atoms with E-state index < -0.39 is 0 Å². The Hall–Kier alpha value is -1.88. The molecule has 0 spiro atoms. The van der Waals surface area contributed by atoms with Crippen molar-refractivity contribution in [1.29, 1.82) is 0 Å². The highest BCUT2D eigenvalue weighted by atomic mass is 16.1. The van der Waals surface area contributed by atoms with Gasteiger partial charge in [0.05, 0.1) is 5.69 Å². The highest BCUT2D eigenvalue weighted by Crippen LogP contribution is 2.20. The number of nitrogens with zero attached hydrogens (tertiary/aromatic N) is 3. The number of hydrogen-bond donors (Lipinski definition) is 1. The molecule has 0 bridgehead atoms. The molecule has 1 aromatic rings. The SMILES string of the molecule is CCN(CC)CCCC(C)NC(=O)c1ccc(N2CCC(C)=N2)cc1. The van der Waals surface area contributed by atoms with E-state index in [1.165, 1.54) is 0 Å². The van der Waals surface area contributed by atoms with Crippen molar-refractivity contribution in [2.45, 2.75) is 53.0 Å². The highest BCUT2D eigenvalue weighted by Gasteiger charge is 2.14. The zero-order chi connectivity index (χ0) is 18.2. The Balaban J connectivity index is 1.80. The van der Waals surface area contributed by atoms with Crippen LogP contribution >= 0.6 is 0 Å². The number of carbonyl (C=O) groups excluding carboxylic acids is 1. The van der Waals surface area contributed by atoms with Crippen LogP contribution in [0.15, 0.2) is 29.4 Å². The Labute approximate surface area is 152 Å². The summed E-state index contributed by atoms with van der Waals surface area (Å²) >= 11 is 0. The summed E-state index contributed by atoms with van der Waals surface area (Å²) in [5, 5.41) is 9.59. The van der Waals surface area contributed by atoms with Crippen molar-refractivity contribution >= 4 is 17.3 Å². The van der Waals surface area contributed by atoms with Crippen LogP contribution in [0.3, 0.4) is 0 Å². The van der Waals surface area contributed by atoms with Gasteiger partial charge in [0, 0.05) is 30.3 Å². The van der Waals surface area contributed by atoms with Gasteiger partial charge in [-0.1, -0.05) is 13.8 Å². The largest absolute Gasteiger partial charge is 0.350 e. The van der Waals surface area contributed by atoms with Crippen molar-refractivity contribution < 1.29 is 4.79 Å². The number of anilines is 1. The molecule has 1 unspecified atom stereocenters. The normalized spacial score (nSPS) is 15.4. The molecule has 2 rings (SSSR count). The van der Waals surface area contributed by atoms with Crippen LogP contribution in [-0.2, 0) is 0 Å². The Morgan fingerprint density at radius 2 is 1.96 bits per heavy atom. The molecule has 1 aliphatic rings. The van der Waals surface area contributed by atoms with Gasteiger partial charge in [0.1, 0.15) is 0 Å². The van der Waals surface area contributed by atoms with Crippen LogP contribution in [0.2, 0.25) is 0 Å². The van der Waals surface area contributed by atoms with Crippen molar-refractivity contribution in [3.8, 4) is 0 Å². The molecule has 1 aromatic carbocycles. The van der Waals surface area contributed by atoms with E-state index in [1.54, 1.807) is 0 Å². The number of carbonyl (C=O) groups is 1. The number of hydrogen-bond acceptors (Lipinski definition) is 4. The van der Waals surface area contributed by atoms with E-state index in [0.717, 1.165) is 56.8 Å². The fourth-order valence-corrected chi connectivity index (χ4v) is 3.09. The highest BCUT2D eigenvalue weighted by molar-refractivity contribution is 5.94. The molecular weight excluding hydrogens is 312 g/mol. The van der Waals surface area contributed by atoms with Crippen LogP contribution in [0.25, 0.3) is 0 Å². The summed E-state index contributed by atoms with van der Waals surface area (Å²) in [6.45, 7) is 12.7. The third kappa shape index (κ3) is 5.85. The smallest absolute Gasteiger partial charge is 0.251 e. The molecule has 0 saturated carbocycles. The van der Waals surface area contributed by atoms with Gasteiger partial charge < -0.3 is 10.2 Å². The van der Waals surface area contributed by atoms with Crippen LogP contribution < -0.4 is 10.3 Å². The maximum Gasteiger partial charge on any atom is 0.251 e. The van der Waals surface area contributed by atoms with Gasteiger partial charge in [-0.15, -0.1) is 0 Å². The molecule has 0 aliphatic carbocycles. The molecule has 5 nitrogen and oxygen atoms in total. The quantitative estimate of drug-likeness (QED) is 0.746. The molecule has 5 heteroatoms. The van der Waals surface area contributed by atoms with Gasteiger partial charge in [-0.05, 0) is 70.6 Å². The van der Waals surface area contributed by atoms with Gasteiger partial charge in [0.25, 0.3) is 5.91 Å². The fraction of sp³-hybridized carbons (Fsp3) is 0.600. The van der Waals surface area contributed by atoms with Crippen LogP contribution in [-0.4, -0.2) is 48.7 Å². The minimum Gasteiger partial charge on any atom is -0.350 e. The summed E-state index contributed by atoms with van der Waals surface area (Å²) in [6, 6.07) is 7.91. The zero-order valence-corrected chi connectivity index (χ0v) is 16.1. The van der Waals surface area contributed by atoms with Crippen molar-refractivity contribution in [1.82, 2.24) is 10.2 Å². The lowest BCUT2D eigenvalue weighted by Crippen LogP contribution is -2.33. The van der Waals surface area contributed by atoms with E-state index in [4.69, 9.17) is 0 Å². The van der Waals surface area contributed by atoms with Crippen molar-refractivity contribution in [2.24, 2.45) is 5.10 Å². The Morgan fingerprint density at radius 1 is 1.28 bits per heavy atom. The number of amides is 1. The van der Waals surface area contributed by atoms with Gasteiger partial charge in [-0.2, -0.15) is 5.10 Å². The van der Waals surface area contributed by atoms with Gasteiger partial charge in [-0.3, -0.25) is 9.80 Å². The second kappa shape index (κ2) is 9.56. The molecule has 0 radical (unpaired) electrons. The predicted molar refractivity (Wildman–Crippen MR) is 105 cm³/mol. The van der Waals surface area contributed by atoms with Gasteiger partial charge in [-0.25, -0.2) is 0 Å². The molecule has 138 valence electrons. The van der Waals surface area contributed by atoms with E-state index in [0.29, 0.717) is 5.56 Å². The molecule has 25 heavy (non-hydrogen) atoms. The first kappa shape index (κ1) is 19.4. The topological polar surface area (TPSA) is 47.9 Å². The van der Waals surface area contributed by atoms with E-state index >= 15 is 0 Å². The Bertz CT molecular complexity index is 578. The summed E-state index contributed by atoms with van der Waals surface area (Å²) in [5.74, 6) is 0.00277. The van der Waals surface area contributed by atoms with Crippen molar-refractivity contribution in [2.75, 3.05) is 31.2 Å². The fourth-order valence-electron chi connectivity index (χ4n) is 3.09. The molecule has 0 saturated heterocycles. The molecule has 0 fully saturated rings. The Kier molecular flexibility index (Phi) is 7.44. The predicted octanol–water partition coefficient (Wildman–Crippen LogP) is 3.51. The number of benzene rings is 1.